The number of carbonyl (C=O) groups is 1. The highest BCUT2D eigenvalue weighted by atomic mass is 16.5. The smallest absolute Gasteiger partial charge is 0.260 e. The van der Waals surface area contributed by atoms with Crippen molar-refractivity contribution in [1.82, 2.24) is 15.1 Å². The summed E-state index contributed by atoms with van der Waals surface area (Å²) in [6, 6.07) is 8.75. The summed E-state index contributed by atoms with van der Waals surface area (Å²) in [6.45, 7) is 4.65. The van der Waals surface area contributed by atoms with Gasteiger partial charge >= 0.3 is 0 Å². The third kappa shape index (κ3) is 3.85. The second-order valence-corrected chi connectivity index (χ2v) is 6.39. The van der Waals surface area contributed by atoms with Gasteiger partial charge in [-0.25, -0.2) is 0 Å². The summed E-state index contributed by atoms with van der Waals surface area (Å²) in [4.78, 5) is 14.5. The van der Waals surface area contributed by atoms with E-state index in [1.54, 1.807) is 24.3 Å². The highest BCUT2D eigenvalue weighted by Gasteiger charge is 2.35. The molecule has 3 rings (SSSR count). The van der Waals surface area contributed by atoms with Crippen LogP contribution in [0, 0.1) is 11.3 Å². The summed E-state index contributed by atoms with van der Waals surface area (Å²) in [5.74, 6) is 1.79. The van der Waals surface area contributed by atoms with Crippen molar-refractivity contribution in [3.05, 3.63) is 41.6 Å². The lowest BCUT2D eigenvalue weighted by molar-refractivity contribution is -0.137. The Hall–Kier alpha value is -2.88. The maximum Gasteiger partial charge on any atom is 0.260 e. The third-order valence-electron chi connectivity index (χ3n) is 4.76. The van der Waals surface area contributed by atoms with Gasteiger partial charge in [-0.2, -0.15) is 5.26 Å². The predicted molar refractivity (Wildman–Crippen MR) is 93.5 cm³/mol. The molecule has 7 nitrogen and oxygen atoms in total. The van der Waals surface area contributed by atoms with Gasteiger partial charge in [0.15, 0.2) is 6.61 Å². The fraction of sp³-hybridized carbons (Fsp3) is 0.474. The van der Waals surface area contributed by atoms with Crippen LogP contribution in [0.25, 0.3) is 0 Å². The van der Waals surface area contributed by atoms with E-state index in [0.29, 0.717) is 36.1 Å². The van der Waals surface area contributed by atoms with Crippen LogP contribution in [-0.2, 0) is 11.2 Å². The van der Waals surface area contributed by atoms with Crippen molar-refractivity contribution in [1.29, 1.82) is 5.26 Å². The Morgan fingerprint density at radius 2 is 2.15 bits per heavy atom. The number of ether oxygens (including phenoxy) is 1. The molecule has 0 N–H and O–H groups in total. The minimum absolute atomic E-state index is 0.0222. The van der Waals surface area contributed by atoms with E-state index in [1.165, 1.54) is 0 Å². The maximum absolute atomic E-state index is 12.6. The molecule has 1 aliphatic rings. The second kappa shape index (κ2) is 8.00. The van der Waals surface area contributed by atoms with Crippen molar-refractivity contribution < 1.29 is 13.9 Å². The lowest BCUT2D eigenvalue weighted by atomic mass is 9.90. The summed E-state index contributed by atoms with van der Waals surface area (Å²) in [5, 5.41) is 17.0. The molecular weight excluding hydrogens is 332 g/mol. The molecule has 2 atom stereocenters. The highest BCUT2D eigenvalue weighted by Crippen LogP contribution is 2.32. The lowest BCUT2D eigenvalue weighted by Crippen LogP contribution is -2.47. The van der Waals surface area contributed by atoms with Crippen LogP contribution in [0.3, 0.4) is 0 Å². The summed E-state index contributed by atoms with van der Waals surface area (Å²) in [7, 11) is 0. The van der Waals surface area contributed by atoms with Gasteiger partial charge in [0.2, 0.25) is 11.8 Å². The Kier molecular flexibility index (Phi) is 5.52. The largest absolute Gasteiger partial charge is 0.484 e. The number of benzene rings is 1. The number of nitriles is 1. The summed E-state index contributed by atoms with van der Waals surface area (Å²) < 4.78 is 11.3. The number of nitrogens with zero attached hydrogens (tertiary/aromatic N) is 4. The number of amides is 1. The molecule has 2 aromatic rings. The Bertz CT molecular complexity index is 794. The molecule has 2 heterocycles. The van der Waals surface area contributed by atoms with Crippen LogP contribution in [0.1, 0.15) is 50.0 Å². The number of piperidine rings is 1. The van der Waals surface area contributed by atoms with Crippen molar-refractivity contribution in [3.63, 3.8) is 0 Å². The molecule has 1 aromatic carbocycles. The number of aromatic nitrogens is 2. The van der Waals surface area contributed by atoms with Gasteiger partial charge in [-0.1, -0.05) is 6.92 Å². The number of likely N-dealkylation sites (tertiary alicyclic amines) is 1. The molecule has 0 spiro atoms. The number of aryl methyl sites for hydroxylation is 1. The molecule has 0 aliphatic carbocycles. The monoisotopic (exact) mass is 354 g/mol. The standard InChI is InChI=1S/C19H22N4O3/c1-3-17-21-22-19(26-17)16-5-4-10-23(13(16)2)18(24)12-25-15-8-6-14(11-20)7-9-15/h6-9,13,16H,3-5,10,12H2,1-2H3/t13-,16-/m0/s1. The van der Waals surface area contributed by atoms with E-state index in [1.807, 2.05) is 18.7 Å². The van der Waals surface area contributed by atoms with Gasteiger partial charge in [0.25, 0.3) is 5.91 Å². The zero-order chi connectivity index (χ0) is 18.5. The van der Waals surface area contributed by atoms with Crippen LogP contribution in [0.5, 0.6) is 5.75 Å². The molecule has 7 heteroatoms. The molecule has 0 bridgehead atoms. The number of rotatable bonds is 5. The molecule has 1 aromatic heterocycles. The molecule has 0 radical (unpaired) electrons. The second-order valence-electron chi connectivity index (χ2n) is 6.39. The van der Waals surface area contributed by atoms with Gasteiger partial charge in [-0.05, 0) is 44.0 Å². The average Bonchev–Trinajstić information content (AvgIpc) is 3.15. The third-order valence-corrected chi connectivity index (χ3v) is 4.76. The molecule has 1 amide bonds. The van der Waals surface area contributed by atoms with E-state index in [9.17, 15) is 4.79 Å². The van der Waals surface area contributed by atoms with E-state index in [4.69, 9.17) is 14.4 Å². The fourth-order valence-corrected chi connectivity index (χ4v) is 3.24. The minimum atomic E-state index is -0.0678. The summed E-state index contributed by atoms with van der Waals surface area (Å²) in [5.41, 5.74) is 0.558. The van der Waals surface area contributed by atoms with E-state index in [2.05, 4.69) is 16.3 Å². The SMILES string of the molecule is CCc1nnc([C@H]2CCCN(C(=O)COc3ccc(C#N)cc3)[C@H]2C)o1. The molecule has 26 heavy (non-hydrogen) atoms. The first-order valence-corrected chi connectivity index (χ1v) is 8.87. The average molecular weight is 354 g/mol. The van der Waals surface area contributed by atoms with Crippen molar-refractivity contribution >= 4 is 5.91 Å². The number of hydrogen-bond donors (Lipinski definition) is 0. The van der Waals surface area contributed by atoms with Gasteiger partial charge in [-0.15, -0.1) is 10.2 Å². The van der Waals surface area contributed by atoms with Crippen LogP contribution < -0.4 is 4.74 Å². The Morgan fingerprint density at radius 1 is 1.38 bits per heavy atom. The lowest BCUT2D eigenvalue weighted by Gasteiger charge is -2.37. The van der Waals surface area contributed by atoms with Gasteiger partial charge in [0.1, 0.15) is 5.75 Å². The zero-order valence-corrected chi connectivity index (χ0v) is 15.0. The molecule has 1 saturated heterocycles. The number of hydrogen-bond acceptors (Lipinski definition) is 6. The van der Waals surface area contributed by atoms with Crippen molar-refractivity contribution in [2.45, 2.75) is 45.1 Å². The summed E-state index contributed by atoms with van der Waals surface area (Å²) in [6.07, 6.45) is 2.52. The molecule has 1 fully saturated rings. The molecule has 0 saturated carbocycles. The Morgan fingerprint density at radius 3 is 2.81 bits per heavy atom. The molecule has 136 valence electrons. The van der Waals surface area contributed by atoms with E-state index >= 15 is 0 Å². The van der Waals surface area contributed by atoms with Crippen LogP contribution in [0.15, 0.2) is 28.7 Å². The minimum Gasteiger partial charge on any atom is -0.484 e. The van der Waals surface area contributed by atoms with Crippen molar-refractivity contribution in [2.75, 3.05) is 13.2 Å². The van der Waals surface area contributed by atoms with Gasteiger partial charge in [-0.3, -0.25) is 4.79 Å². The zero-order valence-electron chi connectivity index (χ0n) is 15.0. The van der Waals surface area contributed by atoms with Gasteiger partial charge < -0.3 is 14.1 Å². The van der Waals surface area contributed by atoms with Crippen LogP contribution >= 0.6 is 0 Å². The molecular formula is C19H22N4O3. The van der Waals surface area contributed by atoms with E-state index in [-0.39, 0.29) is 24.5 Å². The molecule has 1 aliphatic heterocycles. The first-order valence-electron chi connectivity index (χ1n) is 8.87. The van der Waals surface area contributed by atoms with Gasteiger partial charge in [0, 0.05) is 19.0 Å². The first-order chi connectivity index (χ1) is 12.6. The Labute approximate surface area is 152 Å². The highest BCUT2D eigenvalue weighted by molar-refractivity contribution is 5.78. The topological polar surface area (TPSA) is 92.3 Å². The first kappa shape index (κ1) is 17.9. The van der Waals surface area contributed by atoms with E-state index in [0.717, 1.165) is 12.8 Å². The number of carbonyl (C=O) groups excluding carboxylic acids is 1. The normalized spacial score (nSPS) is 19.8. The van der Waals surface area contributed by atoms with Crippen molar-refractivity contribution in [3.8, 4) is 11.8 Å². The fourth-order valence-electron chi connectivity index (χ4n) is 3.24. The summed E-state index contributed by atoms with van der Waals surface area (Å²) >= 11 is 0. The molecule has 0 unspecified atom stereocenters. The van der Waals surface area contributed by atoms with Crippen molar-refractivity contribution in [2.24, 2.45) is 0 Å². The quantitative estimate of drug-likeness (QED) is 0.820. The van der Waals surface area contributed by atoms with E-state index < -0.39 is 0 Å². The predicted octanol–water partition coefficient (Wildman–Crippen LogP) is 2.68. The van der Waals surface area contributed by atoms with Crippen LogP contribution in [0.4, 0.5) is 0 Å². The van der Waals surface area contributed by atoms with Crippen LogP contribution in [-0.4, -0.2) is 40.2 Å². The van der Waals surface area contributed by atoms with Crippen LogP contribution in [0.2, 0.25) is 0 Å². The van der Waals surface area contributed by atoms with Gasteiger partial charge in [0.05, 0.1) is 17.6 Å². The maximum atomic E-state index is 12.6. The Balaban J connectivity index is 1.61.